The predicted molar refractivity (Wildman–Crippen MR) is 88.3 cm³/mol. The number of rotatable bonds is 8. The van der Waals surface area contributed by atoms with E-state index in [0.717, 1.165) is 9.47 Å². The van der Waals surface area contributed by atoms with E-state index in [1.165, 1.54) is 0 Å². The molecule has 0 aliphatic rings. The van der Waals surface area contributed by atoms with E-state index < -0.39 is 5.54 Å². The number of likely N-dealkylation sites (N-methyl/N-ethyl adjacent to an activating group) is 1. The largest absolute Gasteiger partial charge is 0.465 e. The van der Waals surface area contributed by atoms with Crippen molar-refractivity contribution in [1.29, 1.82) is 0 Å². The fourth-order valence-corrected chi connectivity index (χ4v) is 4.06. The van der Waals surface area contributed by atoms with Gasteiger partial charge in [-0.2, -0.15) is 0 Å². The van der Waals surface area contributed by atoms with Crippen LogP contribution in [0.4, 0.5) is 5.13 Å². The number of carbonyl (C=O) groups excluding carboxylic acids is 1. The fourth-order valence-electron chi connectivity index (χ4n) is 1.80. The van der Waals surface area contributed by atoms with Crippen LogP contribution in [0, 0.1) is 0 Å². The van der Waals surface area contributed by atoms with Gasteiger partial charge in [0.2, 0.25) is 5.13 Å². The summed E-state index contributed by atoms with van der Waals surface area (Å²) in [5, 5.41) is 12.5. The first kappa shape index (κ1) is 18.2. The number of nitrogens with zero attached hydrogens (tertiary/aromatic N) is 3. The van der Waals surface area contributed by atoms with Gasteiger partial charge in [0.15, 0.2) is 4.34 Å². The molecule has 0 amide bonds. The summed E-state index contributed by atoms with van der Waals surface area (Å²) in [6, 6.07) is 0. The van der Waals surface area contributed by atoms with Crippen molar-refractivity contribution in [2.45, 2.75) is 42.3 Å². The Kier molecular flexibility index (Phi) is 6.89. The van der Waals surface area contributed by atoms with Crippen LogP contribution in [0.2, 0.25) is 0 Å². The van der Waals surface area contributed by atoms with Crippen LogP contribution in [0.3, 0.4) is 0 Å². The number of thioether (sulfide) groups is 1. The number of esters is 1. The summed E-state index contributed by atoms with van der Waals surface area (Å²) in [5.74, 6) is -0.216. The molecule has 21 heavy (non-hydrogen) atoms. The summed E-state index contributed by atoms with van der Waals surface area (Å²) in [6.45, 7) is 6.15. The van der Waals surface area contributed by atoms with E-state index in [1.807, 2.05) is 32.8 Å². The lowest BCUT2D eigenvalue weighted by Crippen LogP contribution is -2.50. The average molecular weight is 332 g/mol. The van der Waals surface area contributed by atoms with Gasteiger partial charge in [0.05, 0.1) is 6.61 Å². The van der Waals surface area contributed by atoms with Gasteiger partial charge in [0.25, 0.3) is 0 Å². The Morgan fingerprint density at radius 1 is 1.52 bits per heavy atom. The first-order valence-electron chi connectivity index (χ1n) is 6.86. The number of carbonyl (C=O) groups is 1. The van der Waals surface area contributed by atoms with E-state index in [9.17, 15) is 4.79 Å². The van der Waals surface area contributed by atoms with Crippen molar-refractivity contribution in [2.75, 3.05) is 32.6 Å². The molecule has 0 fully saturated rings. The summed E-state index contributed by atoms with van der Waals surface area (Å²) in [5.41, 5.74) is -0.683. The fraction of sp³-hybridized carbons (Fsp3) is 0.769. The molecular formula is C13H24N4O2S2. The molecule has 0 saturated heterocycles. The van der Waals surface area contributed by atoms with Crippen molar-refractivity contribution in [3.63, 3.8) is 0 Å². The zero-order chi connectivity index (χ0) is 16.0. The topological polar surface area (TPSA) is 67.3 Å². The molecular weight excluding hydrogens is 308 g/mol. The van der Waals surface area contributed by atoms with Crippen molar-refractivity contribution in [2.24, 2.45) is 0 Å². The standard InChI is InChI=1S/C13H24N4O2S2/c1-7-19-10(18)13(3,14-4)8-9(2)20-12-16-15-11(21-12)17(5)6/h9,14H,7-8H2,1-6H3. The lowest BCUT2D eigenvalue weighted by atomic mass is 9.96. The molecule has 0 aliphatic carbocycles. The molecule has 0 aromatic carbocycles. The van der Waals surface area contributed by atoms with Gasteiger partial charge >= 0.3 is 5.97 Å². The predicted octanol–water partition coefficient (Wildman–Crippen LogP) is 2.02. The van der Waals surface area contributed by atoms with Gasteiger partial charge in [-0.15, -0.1) is 10.2 Å². The second kappa shape index (κ2) is 7.95. The number of hydrogen-bond acceptors (Lipinski definition) is 8. The van der Waals surface area contributed by atoms with E-state index in [-0.39, 0.29) is 11.2 Å². The van der Waals surface area contributed by atoms with Crippen LogP contribution in [-0.4, -0.2) is 54.7 Å². The number of aromatic nitrogens is 2. The maximum atomic E-state index is 12.1. The third-order valence-electron chi connectivity index (χ3n) is 3.05. The molecule has 0 radical (unpaired) electrons. The first-order chi connectivity index (χ1) is 9.82. The highest BCUT2D eigenvalue weighted by molar-refractivity contribution is 8.01. The Labute approximate surface area is 134 Å². The highest BCUT2D eigenvalue weighted by Gasteiger charge is 2.35. The van der Waals surface area contributed by atoms with E-state index >= 15 is 0 Å². The van der Waals surface area contributed by atoms with Crippen LogP contribution in [-0.2, 0) is 9.53 Å². The number of anilines is 1. The van der Waals surface area contributed by atoms with Crippen molar-refractivity contribution in [3.05, 3.63) is 0 Å². The summed E-state index contributed by atoms with van der Waals surface area (Å²) in [6.07, 6.45) is 0.657. The SMILES string of the molecule is CCOC(=O)C(C)(CC(C)Sc1nnc(N(C)C)s1)NC. The van der Waals surface area contributed by atoms with Crippen molar-refractivity contribution in [1.82, 2.24) is 15.5 Å². The Morgan fingerprint density at radius 3 is 2.67 bits per heavy atom. The highest BCUT2D eigenvalue weighted by atomic mass is 32.2. The molecule has 1 aromatic rings. The molecule has 8 heteroatoms. The molecule has 2 unspecified atom stereocenters. The smallest absolute Gasteiger partial charge is 0.326 e. The third-order valence-corrected chi connectivity index (χ3v) is 5.33. The Morgan fingerprint density at radius 2 is 2.19 bits per heavy atom. The van der Waals surface area contributed by atoms with Gasteiger partial charge in [0, 0.05) is 19.3 Å². The van der Waals surface area contributed by atoms with Gasteiger partial charge in [-0.1, -0.05) is 30.0 Å². The van der Waals surface area contributed by atoms with Gasteiger partial charge in [-0.25, -0.2) is 0 Å². The zero-order valence-electron chi connectivity index (χ0n) is 13.5. The Hall–Kier alpha value is -0.860. The normalized spacial score (nSPS) is 15.3. The summed E-state index contributed by atoms with van der Waals surface area (Å²) in [4.78, 5) is 14.0. The average Bonchev–Trinajstić information content (AvgIpc) is 2.87. The first-order valence-corrected chi connectivity index (χ1v) is 8.55. The second-order valence-corrected chi connectivity index (χ2v) is 7.82. The van der Waals surface area contributed by atoms with Crippen LogP contribution in [0.5, 0.6) is 0 Å². The Bertz CT molecular complexity index is 467. The quantitative estimate of drug-likeness (QED) is 0.577. The second-order valence-electron chi connectivity index (χ2n) is 5.18. The molecule has 6 nitrogen and oxygen atoms in total. The monoisotopic (exact) mass is 332 g/mol. The van der Waals surface area contributed by atoms with Crippen LogP contribution in [0.25, 0.3) is 0 Å². The third kappa shape index (κ3) is 5.12. The molecule has 1 heterocycles. The van der Waals surface area contributed by atoms with E-state index in [0.29, 0.717) is 13.0 Å². The molecule has 1 rings (SSSR count). The highest BCUT2D eigenvalue weighted by Crippen LogP contribution is 2.33. The van der Waals surface area contributed by atoms with Crippen molar-refractivity contribution < 1.29 is 9.53 Å². The van der Waals surface area contributed by atoms with Gasteiger partial charge in [0.1, 0.15) is 5.54 Å². The number of ether oxygens (including phenoxy) is 1. The van der Waals surface area contributed by atoms with Crippen LogP contribution in [0.15, 0.2) is 4.34 Å². The van der Waals surface area contributed by atoms with Gasteiger partial charge in [-0.05, 0) is 27.3 Å². The molecule has 1 N–H and O–H groups in total. The number of nitrogens with one attached hydrogen (secondary N) is 1. The summed E-state index contributed by atoms with van der Waals surface area (Å²) < 4.78 is 6.05. The minimum Gasteiger partial charge on any atom is -0.465 e. The zero-order valence-corrected chi connectivity index (χ0v) is 15.1. The molecule has 1 aromatic heterocycles. The maximum absolute atomic E-state index is 12.1. The maximum Gasteiger partial charge on any atom is 0.326 e. The van der Waals surface area contributed by atoms with Gasteiger partial charge in [-0.3, -0.25) is 4.79 Å². The minimum absolute atomic E-state index is 0.216. The van der Waals surface area contributed by atoms with Crippen LogP contribution < -0.4 is 10.2 Å². The molecule has 0 bridgehead atoms. The van der Waals surface area contributed by atoms with E-state index in [1.54, 1.807) is 30.1 Å². The van der Waals surface area contributed by atoms with Crippen molar-refractivity contribution >= 4 is 34.2 Å². The van der Waals surface area contributed by atoms with Crippen molar-refractivity contribution in [3.8, 4) is 0 Å². The molecule has 120 valence electrons. The molecule has 0 saturated carbocycles. The molecule has 2 atom stereocenters. The molecule has 0 spiro atoms. The molecule has 0 aliphatic heterocycles. The van der Waals surface area contributed by atoms with Crippen LogP contribution >= 0.6 is 23.1 Å². The van der Waals surface area contributed by atoms with E-state index in [4.69, 9.17) is 4.74 Å². The van der Waals surface area contributed by atoms with E-state index in [2.05, 4.69) is 22.4 Å². The lowest BCUT2D eigenvalue weighted by molar-refractivity contribution is -0.150. The van der Waals surface area contributed by atoms with Crippen LogP contribution in [0.1, 0.15) is 27.2 Å². The minimum atomic E-state index is -0.683. The summed E-state index contributed by atoms with van der Waals surface area (Å²) in [7, 11) is 5.66. The summed E-state index contributed by atoms with van der Waals surface area (Å²) >= 11 is 3.18. The lowest BCUT2D eigenvalue weighted by Gasteiger charge is -2.28. The Balaban J connectivity index is 2.65. The number of hydrogen-bond donors (Lipinski definition) is 1. The van der Waals surface area contributed by atoms with Gasteiger partial charge < -0.3 is 15.0 Å².